The van der Waals surface area contributed by atoms with Gasteiger partial charge < -0.3 is 0 Å². The molecule has 0 atom stereocenters. The summed E-state index contributed by atoms with van der Waals surface area (Å²) in [6.07, 6.45) is -5.55. The smallest absolute Gasteiger partial charge is 0.244 e. The summed E-state index contributed by atoms with van der Waals surface area (Å²) in [5.41, 5.74) is 2.08. The quantitative estimate of drug-likeness (QED) is 0.369. The van der Waals surface area contributed by atoms with Crippen LogP contribution in [0.1, 0.15) is 12.8 Å². The van der Waals surface area contributed by atoms with Gasteiger partial charge in [-0.25, -0.2) is 9.48 Å². The number of rotatable bonds is 5. The van der Waals surface area contributed by atoms with Crippen LogP contribution in [0.15, 0.2) is 59.4 Å². The molecule has 0 bridgehead atoms. The molecule has 0 amide bonds. The summed E-state index contributed by atoms with van der Waals surface area (Å²) in [5.74, 6) is 0. The van der Waals surface area contributed by atoms with E-state index in [1.807, 2.05) is 0 Å². The molecule has 0 aliphatic heterocycles. The Hall–Kier alpha value is -2.84. The van der Waals surface area contributed by atoms with E-state index in [4.69, 9.17) is 23.2 Å². The van der Waals surface area contributed by atoms with Crippen LogP contribution in [0.5, 0.6) is 0 Å². The van der Waals surface area contributed by atoms with Crippen LogP contribution in [0.4, 0.5) is 13.2 Å². The molecular formula is C21H15Cl2F3N4O. The molecule has 0 spiro atoms. The van der Waals surface area contributed by atoms with Crippen molar-refractivity contribution in [1.82, 2.24) is 19.4 Å². The highest BCUT2D eigenvalue weighted by atomic mass is 35.5. The third-order valence-electron chi connectivity index (χ3n) is 4.69. The Labute approximate surface area is 184 Å². The van der Waals surface area contributed by atoms with Gasteiger partial charge in [0, 0.05) is 29.1 Å². The summed E-state index contributed by atoms with van der Waals surface area (Å²) < 4.78 is 39.5. The largest absolute Gasteiger partial charge is 0.389 e. The molecule has 2 heterocycles. The number of hydrogen-bond donors (Lipinski definition) is 0. The summed E-state index contributed by atoms with van der Waals surface area (Å²) in [6, 6.07) is 15.8. The second kappa shape index (κ2) is 8.36. The summed E-state index contributed by atoms with van der Waals surface area (Å²) >= 11 is 12.4. The van der Waals surface area contributed by atoms with E-state index in [0.717, 1.165) is 14.8 Å². The summed E-state index contributed by atoms with van der Waals surface area (Å²) in [6.45, 7) is -0.167. The van der Waals surface area contributed by atoms with E-state index >= 15 is 0 Å². The van der Waals surface area contributed by atoms with Crippen molar-refractivity contribution in [3.8, 4) is 22.4 Å². The number of fused-ring (bicyclic) bond motifs is 1. The second-order valence-electron chi connectivity index (χ2n) is 6.89. The molecule has 0 radical (unpaired) electrons. The number of aromatic nitrogens is 4. The lowest BCUT2D eigenvalue weighted by molar-refractivity contribution is -0.136. The second-order valence-corrected chi connectivity index (χ2v) is 7.73. The summed E-state index contributed by atoms with van der Waals surface area (Å²) in [4.78, 5) is 12.7. The van der Waals surface area contributed by atoms with Crippen molar-refractivity contribution >= 4 is 28.8 Å². The van der Waals surface area contributed by atoms with Gasteiger partial charge in [0.15, 0.2) is 5.65 Å². The van der Waals surface area contributed by atoms with Gasteiger partial charge in [-0.2, -0.15) is 22.8 Å². The van der Waals surface area contributed by atoms with Crippen LogP contribution in [-0.2, 0) is 6.54 Å². The number of nitrogens with zero attached hydrogens (tertiary/aromatic N) is 4. The van der Waals surface area contributed by atoms with Gasteiger partial charge in [-0.05, 0) is 36.2 Å². The van der Waals surface area contributed by atoms with E-state index < -0.39 is 18.3 Å². The van der Waals surface area contributed by atoms with Crippen LogP contribution >= 0.6 is 23.2 Å². The number of aryl methyl sites for hydroxylation is 1. The van der Waals surface area contributed by atoms with E-state index in [0.29, 0.717) is 26.9 Å². The molecule has 0 aliphatic rings. The molecule has 0 saturated heterocycles. The van der Waals surface area contributed by atoms with Crippen molar-refractivity contribution < 1.29 is 13.2 Å². The molecule has 2 aromatic carbocycles. The first-order chi connectivity index (χ1) is 14.7. The Morgan fingerprint density at radius 3 is 2.32 bits per heavy atom. The van der Waals surface area contributed by atoms with Crippen LogP contribution in [-0.4, -0.2) is 25.6 Å². The Morgan fingerprint density at radius 1 is 0.935 bits per heavy atom. The molecule has 5 nitrogen and oxygen atoms in total. The molecule has 0 fully saturated rings. The van der Waals surface area contributed by atoms with Gasteiger partial charge >= 0.3 is 11.9 Å². The van der Waals surface area contributed by atoms with Gasteiger partial charge in [0.05, 0.1) is 5.02 Å². The third kappa shape index (κ3) is 4.60. The number of hydrogen-bond acceptors (Lipinski definition) is 3. The first-order valence-electron chi connectivity index (χ1n) is 9.31. The molecule has 10 heteroatoms. The van der Waals surface area contributed by atoms with Crippen molar-refractivity contribution in [3.63, 3.8) is 0 Å². The van der Waals surface area contributed by atoms with E-state index in [1.165, 1.54) is 0 Å². The van der Waals surface area contributed by atoms with Crippen molar-refractivity contribution in [2.75, 3.05) is 0 Å². The van der Waals surface area contributed by atoms with Crippen LogP contribution in [0, 0.1) is 0 Å². The lowest BCUT2D eigenvalue weighted by atomic mass is 10.00. The van der Waals surface area contributed by atoms with Gasteiger partial charge in [0.2, 0.25) is 0 Å². The minimum Gasteiger partial charge on any atom is -0.244 e. The van der Waals surface area contributed by atoms with Crippen molar-refractivity contribution in [2.24, 2.45) is 0 Å². The molecule has 160 valence electrons. The van der Waals surface area contributed by atoms with Gasteiger partial charge in [0.1, 0.15) is 5.69 Å². The molecule has 2 aromatic heterocycles. The fourth-order valence-electron chi connectivity index (χ4n) is 3.23. The minimum atomic E-state index is -4.29. The third-order valence-corrected chi connectivity index (χ3v) is 5.27. The summed E-state index contributed by atoms with van der Waals surface area (Å²) in [7, 11) is 0. The van der Waals surface area contributed by atoms with Gasteiger partial charge in [-0.3, -0.25) is 0 Å². The SMILES string of the molecule is O=c1n(CCCC(F)(F)F)nc2cc(-c3ccc(Cl)cc3)c(-c3ccccc3Cl)nn12. The standard InChI is InChI=1S/C21H15Cl2F3N4O/c22-14-8-6-13(7-9-14)16-12-18-27-29(11-3-10-21(24,25)26)20(31)30(18)28-19(16)15-4-1-2-5-17(15)23/h1-2,4-9,12H,3,10-11H2. The Morgan fingerprint density at radius 2 is 1.65 bits per heavy atom. The summed E-state index contributed by atoms with van der Waals surface area (Å²) in [5, 5.41) is 9.63. The maximum atomic E-state index is 12.7. The number of halogens is 5. The fourth-order valence-corrected chi connectivity index (χ4v) is 3.58. The Bertz CT molecular complexity index is 1300. The maximum Gasteiger partial charge on any atom is 0.389 e. The molecule has 0 aliphatic carbocycles. The van der Waals surface area contributed by atoms with Crippen LogP contribution in [0.3, 0.4) is 0 Å². The average Bonchev–Trinajstić information content (AvgIpc) is 3.02. The molecular weight excluding hydrogens is 452 g/mol. The van der Waals surface area contributed by atoms with E-state index in [-0.39, 0.29) is 18.6 Å². The van der Waals surface area contributed by atoms with Gasteiger partial charge in [-0.1, -0.05) is 53.5 Å². The Kier molecular flexibility index (Phi) is 5.77. The molecule has 31 heavy (non-hydrogen) atoms. The molecule has 0 saturated carbocycles. The van der Waals surface area contributed by atoms with Crippen molar-refractivity contribution in [2.45, 2.75) is 25.6 Å². The maximum absolute atomic E-state index is 12.7. The predicted molar refractivity (Wildman–Crippen MR) is 113 cm³/mol. The topological polar surface area (TPSA) is 52.2 Å². The van der Waals surface area contributed by atoms with E-state index in [2.05, 4.69) is 10.2 Å². The zero-order valence-electron chi connectivity index (χ0n) is 15.9. The monoisotopic (exact) mass is 466 g/mol. The highest BCUT2D eigenvalue weighted by Crippen LogP contribution is 2.35. The highest BCUT2D eigenvalue weighted by Gasteiger charge is 2.26. The minimum absolute atomic E-state index is 0.167. The van der Waals surface area contributed by atoms with E-state index in [9.17, 15) is 18.0 Å². The van der Waals surface area contributed by atoms with Crippen molar-refractivity contribution in [1.29, 1.82) is 0 Å². The molecule has 4 rings (SSSR count). The average molecular weight is 467 g/mol. The van der Waals surface area contributed by atoms with Crippen LogP contribution in [0.25, 0.3) is 28.0 Å². The van der Waals surface area contributed by atoms with Crippen molar-refractivity contribution in [3.05, 3.63) is 75.1 Å². The lowest BCUT2D eigenvalue weighted by Gasteiger charge is -2.11. The number of alkyl halides is 3. The van der Waals surface area contributed by atoms with Crippen LogP contribution < -0.4 is 5.69 Å². The van der Waals surface area contributed by atoms with Gasteiger partial charge in [-0.15, -0.1) is 5.10 Å². The Balaban J connectivity index is 1.86. The molecule has 0 unspecified atom stereocenters. The molecule has 4 aromatic rings. The van der Waals surface area contributed by atoms with Gasteiger partial charge in [0.25, 0.3) is 0 Å². The number of benzene rings is 2. The predicted octanol–water partition coefficient (Wildman–Crippen LogP) is 5.87. The highest BCUT2D eigenvalue weighted by molar-refractivity contribution is 6.33. The molecule has 0 N–H and O–H groups in total. The zero-order valence-corrected chi connectivity index (χ0v) is 17.4. The first-order valence-corrected chi connectivity index (χ1v) is 10.1. The lowest BCUT2D eigenvalue weighted by Crippen LogP contribution is -2.23. The fraction of sp³-hybridized carbons (Fsp3) is 0.190. The van der Waals surface area contributed by atoms with Crippen LogP contribution in [0.2, 0.25) is 10.0 Å². The normalized spacial score (nSPS) is 11.9. The van der Waals surface area contributed by atoms with E-state index in [1.54, 1.807) is 54.6 Å². The first kappa shape index (κ1) is 21.4. The zero-order chi connectivity index (χ0) is 22.2.